The van der Waals surface area contributed by atoms with Gasteiger partial charge in [0.1, 0.15) is 0 Å². The van der Waals surface area contributed by atoms with Crippen LogP contribution in [0.25, 0.3) is 0 Å². The van der Waals surface area contributed by atoms with Gasteiger partial charge in [0, 0.05) is 6.04 Å². The highest BCUT2D eigenvalue weighted by Gasteiger charge is 2.31. The zero-order valence-corrected chi connectivity index (χ0v) is 10.8. The monoisotopic (exact) mass is 225 g/mol. The summed E-state index contributed by atoms with van der Waals surface area (Å²) in [7, 11) is 0. The van der Waals surface area contributed by atoms with Crippen LogP contribution in [0, 0.1) is 11.3 Å². The van der Waals surface area contributed by atoms with Crippen molar-refractivity contribution in [2.45, 2.75) is 70.9 Å². The normalized spacial score (nSPS) is 38.8. The molecule has 2 aliphatic rings. The van der Waals surface area contributed by atoms with Crippen molar-refractivity contribution in [1.82, 2.24) is 5.32 Å². The summed E-state index contributed by atoms with van der Waals surface area (Å²) < 4.78 is 0. The Hall–Kier alpha value is -0.0800. The quantitative estimate of drug-likeness (QED) is 0.774. The van der Waals surface area contributed by atoms with Crippen molar-refractivity contribution in [2.75, 3.05) is 6.54 Å². The summed E-state index contributed by atoms with van der Waals surface area (Å²) in [5, 5.41) is 13.3. The van der Waals surface area contributed by atoms with Crippen molar-refractivity contribution in [3.05, 3.63) is 0 Å². The molecule has 16 heavy (non-hydrogen) atoms. The first-order chi connectivity index (χ1) is 7.55. The van der Waals surface area contributed by atoms with Gasteiger partial charge in [-0.05, 0) is 56.4 Å². The summed E-state index contributed by atoms with van der Waals surface area (Å²) in [6.45, 7) is 5.87. The molecule has 3 unspecified atom stereocenters. The Morgan fingerprint density at radius 3 is 2.69 bits per heavy atom. The molecule has 0 aromatic rings. The summed E-state index contributed by atoms with van der Waals surface area (Å²) in [5.74, 6) is 0.715. The molecule has 3 atom stereocenters. The molecule has 0 amide bonds. The highest BCUT2D eigenvalue weighted by Crippen LogP contribution is 2.37. The number of hydrogen-bond donors (Lipinski definition) is 2. The van der Waals surface area contributed by atoms with Crippen LogP contribution in [-0.2, 0) is 0 Å². The molecule has 2 heteroatoms. The van der Waals surface area contributed by atoms with Crippen LogP contribution < -0.4 is 5.32 Å². The lowest BCUT2D eigenvalue weighted by Crippen LogP contribution is -2.35. The topological polar surface area (TPSA) is 32.3 Å². The Kier molecular flexibility index (Phi) is 3.91. The maximum atomic E-state index is 9.63. The Balaban J connectivity index is 1.68. The van der Waals surface area contributed by atoms with Gasteiger partial charge in [-0.3, -0.25) is 0 Å². The first-order valence-electron chi connectivity index (χ1n) is 6.97. The third-order valence-electron chi connectivity index (χ3n) is 4.42. The number of aliphatic hydroxyl groups is 1. The minimum atomic E-state index is -0.0273. The highest BCUT2D eigenvalue weighted by atomic mass is 16.3. The molecule has 0 saturated heterocycles. The van der Waals surface area contributed by atoms with E-state index >= 15 is 0 Å². The Bertz CT molecular complexity index is 225. The predicted molar refractivity (Wildman–Crippen MR) is 67.4 cm³/mol. The SMILES string of the molecule is CC1(C)CCC(NCC2CCCC(O)C2)C1. The van der Waals surface area contributed by atoms with Crippen LogP contribution in [0.5, 0.6) is 0 Å². The van der Waals surface area contributed by atoms with Gasteiger partial charge in [-0.2, -0.15) is 0 Å². The van der Waals surface area contributed by atoms with Crippen LogP contribution in [0.2, 0.25) is 0 Å². The summed E-state index contributed by atoms with van der Waals surface area (Å²) >= 11 is 0. The van der Waals surface area contributed by atoms with E-state index in [2.05, 4.69) is 19.2 Å². The van der Waals surface area contributed by atoms with Gasteiger partial charge in [0.05, 0.1) is 6.10 Å². The average molecular weight is 225 g/mol. The molecule has 0 spiro atoms. The minimum absolute atomic E-state index is 0.0273. The lowest BCUT2D eigenvalue weighted by atomic mass is 9.87. The van der Waals surface area contributed by atoms with Crippen molar-refractivity contribution < 1.29 is 5.11 Å². The van der Waals surface area contributed by atoms with E-state index in [1.165, 1.54) is 32.1 Å². The van der Waals surface area contributed by atoms with Gasteiger partial charge in [-0.25, -0.2) is 0 Å². The van der Waals surface area contributed by atoms with Crippen molar-refractivity contribution in [2.24, 2.45) is 11.3 Å². The summed E-state index contributed by atoms with van der Waals surface area (Å²) in [4.78, 5) is 0. The van der Waals surface area contributed by atoms with E-state index < -0.39 is 0 Å². The van der Waals surface area contributed by atoms with E-state index in [1.807, 2.05) is 0 Å². The molecule has 0 aromatic heterocycles. The Labute approximate surface area is 99.8 Å². The molecule has 0 heterocycles. The van der Waals surface area contributed by atoms with Gasteiger partial charge >= 0.3 is 0 Å². The van der Waals surface area contributed by atoms with Crippen LogP contribution in [-0.4, -0.2) is 23.8 Å². The molecule has 2 aliphatic carbocycles. The molecule has 0 bridgehead atoms. The molecule has 0 aliphatic heterocycles. The van der Waals surface area contributed by atoms with Gasteiger partial charge in [0.2, 0.25) is 0 Å². The molecule has 2 rings (SSSR count). The summed E-state index contributed by atoms with van der Waals surface area (Å²) in [6.07, 6.45) is 8.54. The fourth-order valence-electron chi connectivity index (χ4n) is 3.39. The van der Waals surface area contributed by atoms with Gasteiger partial charge < -0.3 is 10.4 Å². The number of nitrogens with one attached hydrogen (secondary N) is 1. The largest absolute Gasteiger partial charge is 0.393 e. The summed E-state index contributed by atoms with van der Waals surface area (Å²) in [5.41, 5.74) is 0.545. The Morgan fingerprint density at radius 2 is 2.06 bits per heavy atom. The van der Waals surface area contributed by atoms with Crippen LogP contribution in [0.3, 0.4) is 0 Å². The summed E-state index contributed by atoms with van der Waals surface area (Å²) in [6, 6.07) is 0.731. The van der Waals surface area contributed by atoms with Crippen LogP contribution >= 0.6 is 0 Å². The van der Waals surface area contributed by atoms with E-state index in [4.69, 9.17) is 0 Å². The molecule has 2 N–H and O–H groups in total. The lowest BCUT2D eigenvalue weighted by molar-refractivity contribution is 0.0995. The molecule has 2 nitrogen and oxygen atoms in total. The number of aliphatic hydroxyl groups excluding tert-OH is 1. The molecule has 0 radical (unpaired) electrons. The molecule has 2 saturated carbocycles. The third-order valence-corrected chi connectivity index (χ3v) is 4.42. The van der Waals surface area contributed by atoms with E-state index in [0.717, 1.165) is 25.4 Å². The number of hydrogen-bond acceptors (Lipinski definition) is 2. The van der Waals surface area contributed by atoms with Gasteiger partial charge in [0.15, 0.2) is 0 Å². The van der Waals surface area contributed by atoms with Gasteiger partial charge in [0.25, 0.3) is 0 Å². The van der Waals surface area contributed by atoms with Crippen LogP contribution in [0.1, 0.15) is 58.8 Å². The van der Waals surface area contributed by atoms with Crippen molar-refractivity contribution in [3.63, 3.8) is 0 Å². The second-order valence-electron chi connectivity index (χ2n) is 6.70. The standard InChI is InChI=1S/C14H27NO/c1-14(2)7-6-12(9-14)15-10-11-4-3-5-13(16)8-11/h11-13,15-16H,3-10H2,1-2H3. The van der Waals surface area contributed by atoms with E-state index in [1.54, 1.807) is 0 Å². The average Bonchev–Trinajstić information content (AvgIpc) is 2.56. The lowest BCUT2D eigenvalue weighted by Gasteiger charge is -2.27. The zero-order valence-electron chi connectivity index (χ0n) is 10.8. The second kappa shape index (κ2) is 5.05. The predicted octanol–water partition coefficient (Wildman–Crippen LogP) is 2.71. The maximum absolute atomic E-state index is 9.63. The van der Waals surface area contributed by atoms with E-state index in [9.17, 15) is 5.11 Å². The van der Waals surface area contributed by atoms with Gasteiger partial charge in [-0.1, -0.05) is 20.3 Å². The van der Waals surface area contributed by atoms with E-state index in [-0.39, 0.29) is 6.10 Å². The fraction of sp³-hybridized carbons (Fsp3) is 1.00. The third kappa shape index (κ3) is 3.46. The molecule has 0 aromatic carbocycles. The molecular formula is C14H27NO. The van der Waals surface area contributed by atoms with Crippen molar-refractivity contribution >= 4 is 0 Å². The molecular weight excluding hydrogens is 198 g/mol. The highest BCUT2D eigenvalue weighted by molar-refractivity contribution is 4.87. The van der Waals surface area contributed by atoms with Crippen molar-refractivity contribution in [1.29, 1.82) is 0 Å². The van der Waals surface area contributed by atoms with Crippen molar-refractivity contribution in [3.8, 4) is 0 Å². The van der Waals surface area contributed by atoms with Crippen LogP contribution in [0.15, 0.2) is 0 Å². The molecule has 94 valence electrons. The van der Waals surface area contributed by atoms with Crippen LogP contribution in [0.4, 0.5) is 0 Å². The maximum Gasteiger partial charge on any atom is 0.0543 e. The first-order valence-corrected chi connectivity index (χ1v) is 6.97. The second-order valence-corrected chi connectivity index (χ2v) is 6.70. The fourth-order valence-corrected chi connectivity index (χ4v) is 3.39. The van der Waals surface area contributed by atoms with Gasteiger partial charge in [-0.15, -0.1) is 0 Å². The minimum Gasteiger partial charge on any atom is -0.393 e. The number of rotatable bonds is 3. The van der Waals surface area contributed by atoms with E-state index in [0.29, 0.717) is 11.3 Å². The smallest absolute Gasteiger partial charge is 0.0543 e. The zero-order chi connectivity index (χ0) is 11.6. The first kappa shape index (κ1) is 12.4. The Morgan fingerprint density at radius 1 is 1.25 bits per heavy atom. The molecule has 2 fully saturated rings.